The second-order valence-corrected chi connectivity index (χ2v) is 8.24. The fourth-order valence-corrected chi connectivity index (χ4v) is 4.64. The first kappa shape index (κ1) is 20.8. The summed E-state index contributed by atoms with van der Waals surface area (Å²) in [6, 6.07) is 14.4. The molecular formula is C25H18N2O5S. The Kier molecular flexibility index (Phi) is 5.35. The SMILES string of the molecule is CCOC(=O)c1sc2ncnc(Oc3ccc4c(=O)c(-c5ccccc5)coc4c3)c2c1C. The summed E-state index contributed by atoms with van der Waals surface area (Å²) in [5, 5.41) is 1.10. The van der Waals surface area contributed by atoms with Gasteiger partial charge in [0, 0.05) is 6.07 Å². The summed E-state index contributed by atoms with van der Waals surface area (Å²) >= 11 is 1.24. The average Bonchev–Trinajstić information content (AvgIpc) is 3.17. The molecular weight excluding hydrogens is 440 g/mol. The Bertz CT molecular complexity index is 1560. The molecule has 8 heteroatoms. The third kappa shape index (κ3) is 3.74. The third-order valence-electron chi connectivity index (χ3n) is 5.20. The summed E-state index contributed by atoms with van der Waals surface area (Å²) in [6.45, 7) is 3.86. The van der Waals surface area contributed by atoms with Crippen molar-refractivity contribution >= 4 is 38.5 Å². The van der Waals surface area contributed by atoms with Gasteiger partial charge in [0.25, 0.3) is 0 Å². The topological polar surface area (TPSA) is 91.5 Å². The van der Waals surface area contributed by atoms with Gasteiger partial charge in [0.2, 0.25) is 5.88 Å². The van der Waals surface area contributed by atoms with Gasteiger partial charge < -0.3 is 13.9 Å². The Morgan fingerprint density at radius 3 is 2.73 bits per heavy atom. The van der Waals surface area contributed by atoms with Gasteiger partial charge in [-0.1, -0.05) is 30.3 Å². The number of hydrogen-bond acceptors (Lipinski definition) is 8. The second-order valence-electron chi connectivity index (χ2n) is 7.24. The van der Waals surface area contributed by atoms with Crippen LogP contribution in [0.1, 0.15) is 22.2 Å². The molecule has 0 unspecified atom stereocenters. The molecule has 0 saturated heterocycles. The summed E-state index contributed by atoms with van der Waals surface area (Å²) in [7, 11) is 0. The number of thiophene rings is 1. The predicted molar refractivity (Wildman–Crippen MR) is 126 cm³/mol. The van der Waals surface area contributed by atoms with Crippen molar-refractivity contribution in [2.75, 3.05) is 6.61 Å². The van der Waals surface area contributed by atoms with E-state index < -0.39 is 5.97 Å². The number of rotatable bonds is 5. The van der Waals surface area contributed by atoms with Crippen LogP contribution in [0.5, 0.6) is 11.6 Å². The minimum atomic E-state index is -0.398. The summed E-state index contributed by atoms with van der Waals surface area (Å²) in [5.41, 5.74) is 2.27. The average molecular weight is 458 g/mol. The predicted octanol–water partition coefficient (Wildman–Crippen LogP) is 5.74. The van der Waals surface area contributed by atoms with E-state index in [2.05, 4.69) is 9.97 Å². The Hall–Kier alpha value is -4.04. The highest BCUT2D eigenvalue weighted by Gasteiger charge is 2.21. The molecule has 0 aliphatic heterocycles. The van der Waals surface area contributed by atoms with Crippen LogP contribution in [0.25, 0.3) is 32.3 Å². The molecule has 0 radical (unpaired) electrons. The molecule has 0 amide bonds. The highest BCUT2D eigenvalue weighted by atomic mass is 32.1. The van der Waals surface area contributed by atoms with E-state index in [1.54, 1.807) is 25.1 Å². The number of esters is 1. The van der Waals surface area contributed by atoms with Crippen LogP contribution in [0.4, 0.5) is 0 Å². The maximum Gasteiger partial charge on any atom is 0.348 e. The van der Waals surface area contributed by atoms with Crippen LogP contribution >= 0.6 is 11.3 Å². The molecule has 33 heavy (non-hydrogen) atoms. The number of fused-ring (bicyclic) bond motifs is 2. The van der Waals surface area contributed by atoms with E-state index in [0.717, 1.165) is 5.56 Å². The summed E-state index contributed by atoms with van der Waals surface area (Å²) in [4.78, 5) is 34.9. The van der Waals surface area contributed by atoms with Crippen LogP contribution in [0.15, 0.2) is 70.3 Å². The molecule has 0 saturated carbocycles. The molecule has 2 aromatic carbocycles. The zero-order valence-corrected chi connectivity index (χ0v) is 18.6. The van der Waals surface area contributed by atoms with Crippen LogP contribution in [-0.4, -0.2) is 22.5 Å². The molecule has 3 aromatic heterocycles. The molecule has 0 fully saturated rings. The Morgan fingerprint density at radius 1 is 1.12 bits per heavy atom. The lowest BCUT2D eigenvalue weighted by atomic mass is 10.1. The van der Waals surface area contributed by atoms with Crippen molar-refractivity contribution in [3.05, 3.63) is 81.8 Å². The first-order chi connectivity index (χ1) is 16.1. The normalized spacial score (nSPS) is 11.1. The van der Waals surface area contributed by atoms with E-state index in [9.17, 15) is 9.59 Å². The summed E-state index contributed by atoms with van der Waals surface area (Å²) in [5.74, 6) is 0.360. The largest absolute Gasteiger partial charge is 0.463 e. The summed E-state index contributed by atoms with van der Waals surface area (Å²) < 4.78 is 16.9. The highest BCUT2D eigenvalue weighted by molar-refractivity contribution is 7.20. The molecule has 0 bridgehead atoms. The molecule has 5 aromatic rings. The van der Waals surface area contributed by atoms with Gasteiger partial charge in [-0.3, -0.25) is 4.79 Å². The minimum Gasteiger partial charge on any atom is -0.463 e. The van der Waals surface area contributed by atoms with Crippen molar-refractivity contribution in [2.45, 2.75) is 13.8 Å². The number of carbonyl (C=O) groups excluding carboxylic acids is 1. The molecule has 7 nitrogen and oxygen atoms in total. The van der Waals surface area contributed by atoms with Gasteiger partial charge in [0.15, 0.2) is 5.43 Å². The quantitative estimate of drug-likeness (QED) is 0.310. The standard InChI is InChI=1S/C25H18N2O5S/c1-3-30-25(29)22-14(2)20-23(26-13-27-24(20)33-22)32-16-9-10-17-19(11-16)31-12-18(21(17)28)15-7-5-4-6-8-15/h4-13H,3H2,1-2H3. The van der Waals surface area contributed by atoms with E-state index in [4.69, 9.17) is 13.9 Å². The van der Waals surface area contributed by atoms with Crippen LogP contribution in [0, 0.1) is 6.92 Å². The molecule has 3 heterocycles. The molecule has 0 spiro atoms. The number of nitrogens with zero attached hydrogens (tertiary/aromatic N) is 2. The first-order valence-electron chi connectivity index (χ1n) is 10.3. The van der Waals surface area contributed by atoms with Crippen molar-refractivity contribution in [2.24, 2.45) is 0 Å². The lowest BCUT2D eigenvalue weighted by Crippen LogP contribution is -2.04. The monoisotopic (exact) mass is 458 g/mol. The Balaban J connectivity index is 1.53. The van der Waals surface area contributed by atoms with Gasteiger partial charge in [0.05, 0.1) is 22.9 Å². The fraction of sp³-hybridized carbons (Fsp3) is 0.120. The number of aryl methyl sites for hydroxylation is 1. The van der Waals surface area contributed by atoms with Crippen molar-refractivity contribution < 1.29 is 18.7 Å². The zero-order chi connectivity index (χ0) is 22.9. The third-order valence-corrected chi connectivity index (χ3v) is 6.38. The van der Waals surface area contributed by atoms with Crippen LogP contribution in [0.3, 0.4) is 0 Å². The number of benzene rings is 2. The van der Waals surface area contributed by atoms with Crippen LogP contribution in [0.2, 0.25) is 0 Å². The maximum absolute atomic E-state index is 13.0. The van der Waals surface area contributed by atoms with E-state index in [1.807, 2.05) is 37.3 Å². The molecule has 5 rings (SSSR count). The lowest BCUT2D eigenvalue weighted by Gasteiger charge is -2.08. The smallest absolute Gasteiger partial charge is 0.348 e. The number of aromatic nitrogens is 2. The van der Waals surface area contributed by atoms with Gasteiger partial charge in [-0.2, -0.15) is 0 Å². The lowest BCUT2D eigenvalue weighted by molar-refractivity contribution is 0.0531. The van der Waals surface area contributed by atoms with Gasteiger partial charge in [-0.15, -0.1) is 11.3 Å². The van der Waals surface area contributed by atoms with Gasteiger partial charge in [-0.25, -0.2) is 14.8 Å². The Labute approximate surface area is 192 Å². The van der Waals surface area contributed by atoms with Crippen molar-refractivity contribution in [1.82, 2.24) is 9.97 Å². The maximum atomic E-state index is 13.0. The van der Waals surface area contributed by atoms with Crippen LogP contribution < -0.4 is 10.2 Å². The minimum absolute atomic E-state index is 0.119. The highest BCUT2D eigenvalue weighted by Crippen LogP contribution is 2.37. The number of hydrogen-bond donors (Lipinski definition) is 0. The molecule has 164 valence electrons. The van der Waals surface area contributed by atoms with Gasteiger partial charge in [-0.05, 0) is 37.1 Å². The number of carbonyl (C=O) groups is 1. The molecule has 0 aliphatic carbocycles. The molecule has 0 aliphatic rings. The van der Waals surface area contributed by atoms with E-state index in [1.165, 1.54) is 23.9 Å². The molecule has 0 N–H and O–H groups in total. The zero-order valence-electron chi connectivity index (χ0n) is 17.8. The summed E-state index contributed by atoms with van der Waals surface area (Å²) in [6.07, 6.45) is 2.84. The van der Waals surface area contributed by atoms with Gasteiger partial charge in [0.1, 0.15) is 33.6 Å². The van der Waals surface area contributed by atoms with E-state index >= 15 is 0 Å². The van der Waals surface area contributed by atoms with E-state index in [-0.39, 0.29) is 12.0 Å². The van der Waals surface area contributed by atoms with Crippen molar-refractivity contribution in [3.8, 4) is 22.8 Å². The number of ether oxygens (including phenoxy) is 2. The first-order valence-corrected chi connectivity index (χ1v) is 11.1. The van der Waals surface area contributed by atoms with Gasteiger partial charge >= 0.3 is 5.97 Å². The van der Waals surface area contributed by atoms with Crippen LogP contribution in [-0.2, 0) is 4.74 Å². The van der Waals surface area contributed by atoms with Crippen molar-refractivity contribution in [1.29, 1.82) is 0 Å². The second kappa shape index (κ2) is 8.48. The van der Waals surface area contributed by atoms with Crippen molar-refractivity contribution in [3.63, 3.8) is 0 Å². The molecule has 0 atom stereocenters. The fourth-order valence-electron chi connectivity index (χ4n) is 3.61. The van der Waals surface area contributed by atoms with E-state index in [0.29, 0.717) is 48.8 Å². The Morgan fingerprint density at radius 2 is 1.94 bits per heavy atom.